The molecule has 1 rings (SSSR count). The van der Waals surface area contributed by atoms with Crippen LogP contribution in [0.4, 0.5) is 0 Å². The Balaban J connectivity index is 2.44. The molecular weight excluding hydrogens is 228 g/mol. The molecule has 0 aliphatic heterocycles. The summed E-state index contributed by atoms with van der Waals surface area (Å²) in [6.45, 7) is 6.96. The molecule has 0 unspecified atom stereocenters. The van der Waals surface area contributed by atoms with Gasteiger partial charge in [0.15, 0.2) is 0 Å². The first-order valence-corrected chi connectivity index (χ1v) is 6.27. The summed E-state index contributed by atoms with van der Waals surface area (Å²) in [5, 5.41) is 0. The van der Waals surface area contributed by atoms with Crippen molar-refractivity contribution < 1.29 is 9.53 Å². The Morgan fingerprint density at radius 2 is 2.17 bits per heavy atom. The number of amides is 1. The number of nitrogens with one attached hydrogen (secondary N) is 1. The van der Waals surface area contributed by atoms with Crippen molar-refractivity contribution in [2.24, 2.45) is 5.84 Å². The van der Waals surface area contributed by atoms with Crippen molar-refractivity contribution in [1.29, 1.82) is 0 Å². The normalized spacial score (nSPS) is 10.5. The average Bonchev–Trinajstić information content (AvgIpc) is 2.34. The van der Waals surface area contributed by atoms with Crippen molar-refractivity contribution >= 4 is 5.91 Å². The number of aryl methyl sites for hydroxylation is 1. The minimum atomic E-state index is -0.162. The van der Waals surface area contributed by atoms with E-state index in [1.165, 1.54) is 11.1 Å². The van der Waals surface area contributed by atoms with E-state index in [2.05, 4.69) is 32.3 Å². The summed E-state index contributed by atoms with van der Waals surface area (Å²) in [6.07, 6.45) is 1.05. The van der Waals surface area contributed by atoms with Crippen LogP contribution in [0.25, 0.3) is 0 Å². The van der Waals surface area contributed by atoms with Gasteiger partial charge in [0.2, 0.25) is 5.91 Å². The van der Waals surface area contributed by atoms with E-state index < -0.39 is 0 Å². The maximum absolute atomic E-state index is 10.9. The molecule has 0 heterocycles. The Morgan fingerprint density at radius 1 is 1.44 bits per heavy atom. The number of carbonyl (C=O) groups is 1. The molecule has 0 saturated heterocycles. The maximum atomic E-state index is 10.9. The molecule has 0 saturated carbocycles. The van der Waals surface area contributed by atoms with Gasteiger partial charge in [0, 0.05) is 6.42 Å². The standard InChI is InChI=1S/C14H22N2O2/c1-10(2)13-7-6-12(9-11(13)3)18-8-4-5-14(17)16-15/h6-7,9-10H,4-5,8,15H2,1-3H3,(H,16,17). The van der Waals surface area contributed by atoms with Crippen LogP contribution in [0.1, 0.15) is 43.7 Å². The summed E-state index contributed by atoms with van der Waals surface area (Å²) in [5.74, 6) is 6.20. The summed E-state index contributed by atoms with van der Waals surface area (Å²) in [5.41, 5.74) is 4.67. The second-order valence-corrected chi connectivity index (χ2v) is 4.69. The first-order valence-electron chi connectivity index (χ1n) is 6.27. The Labute approximate surface area is 108 Å². The molecule has 0 aromatic heterocycles. The Hall–Kier alpha value is -1.55. The predicted octanol–water partition coefficient (Wildman–Crippen LogP) is 2.27. The zero-order chi connectivity index (χ0) is 13.5. The summed E-state index contributed by atoms with van der Waals surface area (Å²) in [7, 11) is 0. The first-order chi connectivity index (χ1) is 8.54. The number of ether oxygens (including phenoxy) is 1. The third-order valence-corrected chi connectivity index (χ3v) is 2.84. The van der Waals surface area contributed by atoms with Gasteiger partial charge >= 0.3 is 0 Å². The zero-order valence-electron chi connectivity index (χ0n) is 11.3. The fourth-order valence-corrected chi connectivity index (χ4v) is 1.88. The van der Waals surface area contributed by atoms with Gasteiger partial charge < -0.3 is 4.74 Å². The third-order valence-electron chi connectivity index (χ3n) is 2.84. The number of hydrazine groups is 1. The van der Waals surface area contributed by atoms with Crippen LogP contribution < -0.4 is 16.0 Å². The van der Waals surface area contributed by atoms with Crippen LogP contribution in [0.2, 0.25) is 0 Å². The topological polar surface area (TPSA) is 64.3 Å². The number of hydrogen-bond acceptors (Lipinski definition) is 3. The van der Waals surface area contributed by atoms with Gasteiger partial charge in [-0.2, -0.15) is 0 Å². The molecule has 0 fully saturated rings. The maximum Gasteiger partial charge on any atom is 0.234 e. The van der Waals surface area contributed by atoms with Crippen LogP contribution in [0.3, 0.4) is 0 Å². The SMILES string of the molecule is Cc1cc(OCCCC(=O)NN)ccc1C(C)C. The third kappa shape index (κ3) is 4.37. The molecule has 0 atom stereocenters. The molecule has 1 amide bonds. The minimum Gasteiger partial charge on any atom is -0.494 e. The van der Waals surface area contributed by atoms with Gasteiger partial charge in [-0.1, -0.05) is 19.9 Å². The summed E-state index contributed by atoms with van der Waals surface area (Å²) >= 11 is 0. The highest BCUT2D eigenvalue weighted by Gasteiger charge is 2.05. The van der Waals surface area contributed by atoms with E-state index in [4.69, 9.17) is 10.6 Å². The number of carbonyl (C=O) groups excluding carboxylic acids is 1. The van der Waals surface area contributed by atoms with E-state index in [0.717, 1.165) is 5.75 Å². The Kier molecular flexibility index (Phi) is 5.65. The number of rotatable bonds is 6. The minimum absolute atomic E-state index is 0.162. The van der Waals surface area contributed by atoms with Crippen molar-refractivity contribution in [3.05, 3.63) is 29.3 Å². The lowest BCUT2D eigenvalue weighted by Crippen LogP contribution is -2.29. The molecule has 0 aliphatic rings. The van der Waals surface area contributed by atoms with Gasteiger partial charge in [-0.3, -0.25) is 10.2 Å². The lowest BCUT2D eigenvalue weighted by atomic mass is 9.98. The highest BCUT2D eigenvalue weighted by atomic mass is 16.5. The van der Waals surface area contributed by atoms with Crippen molar-refractivity contribution in [2.75, 3.05) is 6.61 Å². The molecule has 4 heteroatoms. The monoisotopic (exact) mass is 250 g/mol. The van der Waals surface area contributed by atoms with E-state index in [-0.39, 0.29) is 5.91 Å². The van der Waals surface area contributed by atoms with Crippen LogP contribution >= 0.6 is 0 Å². The first kappa shape index (κ1) is 14.5. The van der Waals surface area contributed by atoms with Crippen LogP contribution in [-0.2, 0) is 4.79 Å². The van der Waals surface area contributed by atoms with Crippen molar-refractivity contribution in [2.45, 2.75) is 39.5 Å². The number of hydrogen-bond donors (Lipinski definition) is 2. The van der Waals surface area contributed by atoms with Crippen LogP contribution in [0.5, 0.6) is 5.75 Å². The van der Waals surface area contributed by atoms with Crippen molar-refractivity contribution in [3.8, 4) is 5.75 Å². The van der Waals surface area contributed by atoms with E-state index in [1.807, 2.05) is 12.1 Å². The van der Waals surface area contributed by atoms with E-state index in [1.54, 1.807) is 0 Å². The molecule has 1 aromatic rings. The molecular formula is C14H22N2O2. The molecule has 1 aromatic carbocycles. The highest BCUT2D eigenvalue weighted by molar-refractivity contribution is 5.75. The van der Waals surface area contributed by atoms with Crippen molar-refractivity contribution in [1.82, 2.24) is 5.43 Å². The fraction of sp³-hybridized carbons (Fsp3) is 0.500. The smallest absolute Gasteiger partial charge is 0.234 e. The van der Waals surface area contributed by atoms with Crippen LogP contribution in [0, 0.1) is 6.92 Å². The second-order valence-electron chi connectivity index (χ2n) is 4.69. The second kappa shape index (κ2) is 7.01. The fourth-order valence-electron chi connectivity index (χ4n) is 1.88. The Bertz CT molecular complexity index is 403. The zero-order valence-corrected chi connectivity index (χ0v) is 11.3. The molecule has 0 bridgehead atoms. The Morgan fingerprint density at radius 3 is 2.72 bits per heavy atom. The van der Waals surface area contributed by atoms with E-state index >= 15 is 0 Å². The number of benzene rings is 1. The number of nitrogens with two attached hydrogens (primary N) is 1. The molecule has 0 radical (unpaired) electrons. The molecule has 0 aliphatic carbocycles. The van der Waals surface area contributed by atoms with Gasteiger partial charge in [0.1, 0.15) is 5.75 Å². The molecule has 3 N–H and O–H groups in total. The van der Waals surface area contributed by atoms with Crippen LogP contribution in [-0.4, -0.2) is 12.5 Å². The lowest BCUT2D eigenvalue weighted by Gasteiger charge is -2.12. The largest absolute Gasteiger partial charge is 0.494 e. The predicted molar refractivity (Wildman–Crippen MR) is 72.3 cm³/mol. The van der Waals surface area contributed by atoms with Crippen molar-refractivity contribution in [3.63, 3.8) is 0 Å². The average molecular weight is 250 g/mol. The van der Waals surface area contributed by atoms with Gasteiger partial charge in [0.25, 0.3) is 0 Å². The van der Waals surface area contributed by atoms with Gasteiger partial charge in [-0.25, -0.2) is 5.84 Å². The van der Waals surface area contributed by atoms with Gasteiger partial charge in [-0.05, 0) is 42.5 Å². The van der Waals surface area contributed by atoms with E-state index in [9.17, 15) is 4.79 Å². The van der Waals surface area contributed by atoms with Gasteiger partial charge in [-0.15, -0.1) is 0 Å². The quantitative estimate of drug-likeness (QED) is 0.352. The summed E-state index contributed by atoms with van der Waals surface area (Å²) in [6, 6.07) is 6.12. The molecule has 18 heavy (non-hydrogen) atoms. The lowest BCUT2D eigenvalue weighted by molar-refractivity contribution is -0.121. The summed E-state index contributed by atoms with van der Waals surface area (Å²) < 4.78 is 5.60. The summed E-state index contributed by atoms with van der Waals surface area (Å²) in [4.78, 5) is 10.9. The molecule has 100 valence electrons. The van der Waals surface area contributed by atoms with Crippen LogP contribution in [0.15, 0.2) is 18.2 Å². The van der Waals surface area contributed by atoms with Gasteiger partial charge in [0.05, 0.1) is 6.61 Å². The molecule has 0 spiro atoms. The highest BCUT2D eigenvalue weighted by Crippen LogP contribution is 2.23. The molecule has 4 nitrogen and oxygen atoms in total. The van der Waals surface area contributed by atoms with E-state index in [0.29, 0.717) is 25.4 Å².